The quantitative estimate of drug-likeness (QED) is 0.245. The van der Waals surface area contributed by atoms with Gasteiger partial charge in [0.15, 0.2) is 6.10 Å². The van der Waals surface area contributed by atoms with Gasteiger partial charge < -0.3 is 20.7 Å². The van der Waals surface area contributed by atoms with Crippen LogP contribution in [0.2, 0.25) is 0 Å². The van der Waals surface area contributed by atoms with Crippen LogP contribution in [0.5, 0.6) is 0 Å². The molecule has 232 valence electrons. The zero-order valence-corrected chi connectivity index (χ0v) is 25.9. The van der Waals surface area contributed by atoms with E-state index in [2.05, 4.69) is 35.0 Å². The number of rotatable bonds is 13. The van der Waals surface area contributed by atoms with Gasteiger partial charge in [-0.3, -0.25) is 19.2 Å². The fourth-order valence-corrected chi connectivity index (χ4v) is 6.27. The SMILES string of the molecule is CCC(C)[C@@H]1C(=O)O[C@H]1C(=O)N[C@H]1C[C@H]1[C@H](C)[C@@H](CCc1ccccc1)NC(=O)[C@H](C)NC(=O)c1ccc2ccccc2c1. The first-order chi connectivity index (χ1) is 21.2. The first-order valence-electron chi connectivity index (χ1n) is 15.8. The van der Waals surface area contributed by atoms with Crippen LogP contribution in [0.4, 0.5) is 0 Å². The molecule has 1 heterocycles. The molecule has 8 heteroatoms. The Labute approximate surface area is 259 Å². The molecular weight excluding hydrogens is 554 g/mol. The van der Waals surface area contributed by atoms with E-state index in [0.29, 0.717) is 5.56 Å². The highest BCUT2D eigenvalue weighted by Crippen LogP contribution is 2.41. The Bertz CT molecular complexity index is 1510. The van der Waals surface area contributed by atoms with Gasteiger partial charge in [0.25, 0.3) is 11.8 Å². The molecule has 1 saturated carbocycles. The minimum absolute atomic E-state index is 0.0319. The molecule has 8 nitrogen and oxygen atoms in total. The highest BCUT2D eigenvalue weighted by Gasteiger charge is 2.52. The minimum atomic E-state index is -0.735. The molecule has 3 amide bonds. The number of cyclic esters (lactones) is 1. The Morgan fingerprint density at radius 2 is 1.61 bits per heavy atom. The lowest BCUT2D eigenvalue weighted by Crippen LogP contribution is -2.56. The van der Waals surface area contributed by atoms with Crippen molar-refractivity contribution in [3.63, 3.8) is 0 Å². The van der Waals surface area contributed by atoms with Crippen LogP contribution in [-0.4, -0.2) is 47.9 Å². The average Bonchev–Trinajstić information content (AvgIpc) is 3.80. The largest absolute Gasteiger partial charge is 0.451 e. The molecule has 0 bridgehead atoms. The van der Waals surface area contributed by atoms with Crippen molar-refractivity contribution in [2.75, 3.05) is 0 Å². The van der Waals surface area contributed by atoms with Gasteiger partial charge in [0.1, 0.15) is 12.0 Å². The van der Waals surface area contributed by atoms with Gasteiger partial charge in [0.2, 0.25) is 5.91 Å². The summed E-state index contributed by atoms with van der Waals surface area (Å²) < 4.78 is 5.22. The molecule has 44 heavy (non-hydrogen) atoms. The third-order valence-corrected chi connectivity index (χ3v) is 9.50. The van der Waals surface area contributed by atoms with E-state index in [-0.39, 0.29) is 59.4 Å². The summed E-state index contributed by atoms with van der Waals surface area (Å²) in [6.07, 6.45) is 2.38. The van der Waals surface area contributed by atoms with E-state index in [9.17, 15) is 19.2 Å². The van der Waals surface area contributed by atoms with Gasteiger partial charge in [-0.1, -0.05) is 87.9 Å². The van der Waals surface area contributed by atoms with E-state index in [1.807, 2.05) is 68.4 Å². The van der Waals surface area contributed by atoms with Crippen molar-refractivity contribution in [1.29, 1.82) is 0 Å². The van der Waals surface area contributed by atoms with Crippen molar-refractivity contribution >= 4 is 34.5 Å². The smallest absolute Gasteiger partial charge is 0.314 e. The van der Waals surface area contributed by atoms with Crippen molar-refractivity contribution in [3.8, 4) is 0 Å². The third kappa shape index (κ3) is 7.12. The van der Waals surface area contributed by atoms with Crippen molar-refractivity contribution < 1.29 is 23.9 Å². The van der Waals surface area contributed by atoms with Crippen LogP contribution < -0.4 is 16.0 Å². The van der Waals surface area contributed by atoms with E-state index < -0.39 is 12.1 Å². The second kappa shape index (κ2) is 13.6. The fraction of sp³-hybridized carbons (Fsp3) is 0.444. The standard InChI is InChI=1S/C36H43N3O5/c1-5-21(2)31-32(44-36(31)43)35(42)39-30-20-28(30)22(3)29(18-15-24-11-7-6-8-12-24)38-33(40)23(4)37-34(41)27-17-16-25-13-9-10-14-26(25)19-27/h6-14,16-17,19,21-23,28-32H,5,15,18,20H2,1-4H3,(H,37,41)(H,38,40)(H,39,42)/t21?,22-,23-,28-,29+,30-,31-,32+/m0/s1. The predicted octanol–water partition coefficient (Wildman–Crippen LogP) is 4.80. The lowest BCUT2D eigenvalue weighted by Gasteiger charge is -2.37. The average molecular weight is 598 g/mol. The van der Waals surface area contributed by atoms with Crippen LogP contribution in [-0.2, 0) is 25.5 Å². The maximum atomic E-state index is 13.4. The Hall–Kier alpha value is -4.20. The number of amides is 3. The molecule has 0 radical (unpaired) electrons. The third-order valence-electron chi connectivity index (χ3n) is 9.50. The number of fused-ring (bicyclic) bond motifs is 1. The van der Waals surface area contributed by atoms with E-state index >= 15 is 0 Å². The molecule has 3 N–H and O–H groups in total. The van der Waals surface area contributed by atoms with Crippen LogP contribution in [0.1, 0.15) is 62.9 Å². The molecule has 8 atom stereocenters. The number of nitrogens with one attached hydrogen (secondary N) is 3. The maximum Gasteiger partial charge on any atom is 0.314 e. The van der Waals surface area contributed by atoms with Gasteiger partial charge in [0, 0.05) is 17.6 Å². The van der Waals surface area contributed by atoms with Gasteiger partial charge in [-0.2, -0.15) is 0 Å². The van der Waals surface area contributed by atoms with E-state index in [1.54, 1.807) is 13.0 Å². The molecule has 5 rings (SSSR count). The van der Waals surface area contributed by atoms with Crippen molar-refractivity contribution in [2.45, 2.75) is 77.6 Å². The Morgan fingerprint density at radius 3 is 2.32 bits per heavy atom. The number of aryl methyl sites for hydroxylation is 1. The summed E-state index contributed by atoms with van der Waals surface area (Å²) in [5.41, 5.74) is 1.68. The molecule has 0 aromatic heterocycles. The molecule has 1 aliphatic heterocycles. The highest BCUT2D eigenvalue weighted by molar-refractivity contribution is 6.00. The van der Waals surface area contributed by atoms with Gasteiger partial charge >= 0.3 is 5.97 Å². The maximum absolute atomic E-state index is 13.4. The summed E-state index contributed by atoms with van der Waals surface area (Å²) in [5.74, 6) is -1.13. The van der Waals surface area contributed by atoms with E-state index in [4.69, 9.17) is 4.74 Å². The zero-order chi connectivity index (χ0) is 31.4. The van der Waals surface area contributed by atoms with E-state index in [0.717, 1.165) is 36.5 Å². The Balaban J connectivity index is 1.20. The highest BCUT2D eigenvalue weighted by atomic mass is 16.6. The summed E-state index contributed by atoms with van der Waals surface area (Å²) >= 11 is 0. The van der Waals surface area contributed by atoms with Gasteiger partial charge in [-0.25, -0.2) is 0 Å². The normalized spacial score (nSPS) is 23.3. The monoisotopic (exact) mass is 597 g/mol. The Kier molecular flexibility index (Phi) is 9.67. The van der Waals surface area contributed by atoms with Crippen LogP contribution in [0.15, 0.2) is 72.8 Å². The molecule has 1 unspecified atom stereocenters. The van der Waals surface area contributed by atoms with Crippen molar-refractivity contribution in [3.05, 3.63) is 83.9 Å². The second-order valence-electron chi connectivity index (χ2n) is 12.5. The molecule has 3 aromatic carbocycles. The lowest BCUT2D eigenvalue weighted by atomic mass is 9.83. The Morgan fingerprint density at radius 1 is 0.909 bits per heavy atom. The number of ether oxygens (including phenoxy) is 1. The second-order valence-corrected chi connectivity index (χ2v) is 12.5. The first-order valence-corrected chi connectivity index (χ1v) is 15.8. The molecule has 3 aromatic rings. The summed E-state index contributed by atoms with van der Waals surface area (Å²) in [4.78, 5) is 51.4. The van der Waals surface area contributed by atoms with Crippen LogP contribution in [0, 0.1) is 23.7 Å². The topological polar surface area (TPSA) is 114 Å². The lowest BCUT2D eigenvalue weighted by molar-refractivity contribution is -0.193. The minimum Gasteiger partial charge on any atom is -0.451 e. The summed E-state index contributed by atoms with van der Waals surface area (Å²) in [6.45, 7) is 7.78. The van der Waals surface area contributed by atoms with E-state index in [1.165, 1.54) is 5.56 Å². The molecule has 0 spiro atoms. The summed E-state index contributed by atoms with van der Waals surface area (Å²) in [5, 5.41) is 11.2. The molecular formula is C36H43N3O5. The number of esters is 1. The molecule has 2 aliphatic rings. The number of carbonyl (C=O) groups is 4. The van der Waals surface area contributed by atoms with Crippen molar-refractivity contribution in [2.24, 2.45) is 23.7 Å². The van der Waals surface area contributed by atoms with Gasteiger partial charge in [-0.15, -0.1) is 0 Å². The summed E-state index contributed by atoms with van der Waals surface area (Å²) in [6, 6.07) is 22.5. The fourth-order valence-electron chi connectivity index (χ4n) is 6.27. The molecule has 1 aliphatic carbocycles. The van der Waals surface area contributed by atoms with Gasteiger partial charge in [0.05, 0.1) is 0 Å². The van der Waals surface area contributed by atoms with Crippen molar-refractivity contribution in [1.82, 2.24) is 16.0 Å². The number of hydrogen-bond donors (Lipinski definition) is 3. The first kappa shape index (κ1) is 31.2. The predicted molar refractivity (Wildman–Crippen MR) is 170 cm³/mol. The van der Waals surface area contributed by atoms with Crippen LogP contribution in [0.25, 0.3) is 10.8 Å². The van der Waals surface area contributed by atoms with Crippen LogP contribution in [0.3, 0.4) is 0 Å². The zero-order valence-electron chi connectivity index (χ0n) is 25.9. The van der Waals surface area contributed by atoms with Crippen LogP contribution >= 0.6 is 0 Å². The summed E-state index contributed by atoms with van der Waals surface area (Å²) in [7, 11) is 0. The van der Waals surface area contributed by atoms with Gasteiger partial charge in [-0.05, 0) is 72.4 Å². The number of carbonyl (C=O) groups excluding carboxylic acids is 4. The molecule has 2 fully saturated rings. The molecule has 1 saturated heterocycles. The number of benzene rings is 3. The number of hydrogen-bond acceptors (Lipinski definition) is 5.